The first-order valence-corrected chi connectivity index (χ1v) is 6.84. The summed E-state index contributed by atoms with van der Waals surface area (Å²) in [7, 11) is 0. The minimum absolute atomic E-state index is 0.115. The number of furan rings is 1. The lowest BCUT2D eigenvalue weighted by Gasteiger charge is -2.01. The van der Waals surface area contributed by atoms with Gasteiger partial charge in [-0.25, -0.2) is 9.78 Å². The Morgan fingerprint density at radius 2 is 2.20 bits per heavy atom. The summed E-state index contributed by atoms with van der Waals surface area (Å²) in [6.45, 7) is 3.62. The number of carboxylic acids is 1. The maximum Gasteiger partial charge on any atom is 0.339 e. The van der Waals surface area contributed by atoms with Crippen molar-refractivity contribution in [1.82, 2.24) is 10.3 Å². The number of nitrogens with zero attached hydrogens (tertiary/aromatic N) is 1. The molecule has 2 rings (SSSR count). The molecule has 0 saturated carbocycles. The van der Waals surface area contributed by atoms with Crippen LogP contribution < -0.4 is 5.32 Å². The SMILES string of the molecule is Cc1nc(CC(=O)NCc2cc(C(=O)O)c(C)o2)cs1. The van der Waals surface area contributed by atoms with Gasteiger partial charge in [0.15, 0.2) is 0 Å². The molecule has 1 amide bonds. The van der Waals surface area contributed by atoms with Crippen molar-refractivity contribution in [3.63, 3.8) is 0 Å². The Kier molecular flexibility index (Phi) is 4.19. The average molecular weight is 294 g/mol. The van der Waals surface area contributed by atoms with E-state index in [1.807, 2.05) is 12.3 Å². The molecule has 0 radical (unpaired) electrons. The highest BCUT2D eigenvalue weighted by molar-refractivity contribution is 7.09. The molecule has 2 aromatic heterocycles. The van der Waals surface area contributed by atoms with E-state index in [-0.39, 0.29) is 24.4 Å². The van der Waals surface area contributed by atoms with Gasteiger partial charge < -0.3 is 14.8 Å². The number of rotatable bonds is 5. The zero-order valence-electron chi connectivity index (χ0n) is 11.1. The molecular weight excluding hydrogens is 280 g/mol. The fourth-order valence-electron chi connectivity index (χ4n) is 1.75. The number of nitrogens with one attached hydrogen (secondary N) is 1. The molecular formula is C13H14N2O4S. The summed E-state index contributed by atoms with van der Waals surface area (Å²) in [6.07, 6.45) is 0.204. The molecule has 0 saturated heterocycles. The van der Waals surface area contributed by atoms with Gasteiger partial charge in [0.1, 0.15) is 17.1 Å². The molecule has 106 valence electrons. The molecule has 20 heavy (non-hydrogen) atoms. The fraction of sp³-hybridized carbons (Fsp3) is 0.308. The van der Waals surface area contributed by atoms with E-state index < -0.39 is 5.97 Å². The molecule has 0 aliphatic heterocycles. The van der Waals surface area contributed by atoms with Crippen LogP contribution in [-0.4, -0.2) is 22.0 Å². The summed E-state index contributed by atoms with van der Waals surface area (Å²) >= 11 is 1.49. The van der Waals surface area contributed by atoms with Crippen LogP contribution in [0.4, 0.5) is 0 Å². The molecule has 0 fully saturated rings. The Bertz CT molecular complexity index is 645. The summed E-state index contributed by atoms with van der Waals surface area (Å²) in [6, 6.07) is 1.42. The number of aryl methyl sites for hydroxylation is 2. The molecule has 0 aromatic carbocycles. The average Bonchev–Trinajstić information content (AvgIpc) is 2.93. The van der Waals surface area contributed by atoms with Gasteiger partial charge in [-0.1, -0.05) is 0 Å². The lowest BCUT2D eigenvalue weighted by molar-refractivity contribution is -0.120. The maximum absolute atomic E-state index is 11.7. The highest BCUT2D eigenvalue weighted by Crippen LogP contribution is 2.14. The topological polar surface area (TPSA) is 92.4 Å². The molecule has 0 atom stereocenters. The third-order valence-corrected chi connectivity index (χ3v) is 3.49. The molecule has 2 heterocycles. The predicted molar refractivity (Wildman–Crippen MR) is 72.8 cm³/mol. The van der Waals surface area contributed by atoms with Crippen molar-refractivity contribution in [2.45, 2.75) is 26.8 Å². The largest absolute Gasteiger partial charge is 0.478 e. The number of aromatic carboxylic acids is 1. The molecule has 0 spiro atoms. The first kappa shape index (κ1) is 14.3. The van der Waals surface area contributed by atoms with E-state index in [4.69, 9.17) is 9.52 Å². The summed E-state index contributed by atoms with van der Waals surface area (Å²) in [5, 5.41) is 14.3. The Hall–Kier alpha value is -2.15. The van der Waals surface area contributed by atoms with Crippen molar-refractivity contribution in [3.8, 4) is 0 Å². The Morgan fingerprint density at radius 3 is 2.75 bits per heavy atom. The van der Waals surface area contributed by atoms with Gasteiger partial charge in [-0.2, -0.15) is 0 Å². The van der Waals surface area contributed by atoms with Crippen LogP contribution in [0, 0.1) is 13.8 Å². The van der Waals surface area contributed by atoms with Gasteiger partial charge in [-0.15, -0.1) is 11.3 Å². The van der Waals surface area contributed by atoms with E-state index in [2.05, 4.69) is 10.3 Å². The molecule has 6 nitrogen and oxygen atoms in total. The standard InChI is InChI=1S/C13H14N2O4S/c1-7-11(13(17)18)4-10(19-7)5-14-12(16)3-9-6-20-8(2)15-9/h4,6H,3,5H2,1-2H3,(H,14,16)(H,17,18). The van der Waals surface area contributed by atoms with Crippen LogP contribution in [0.15, 0.2) is 15.9 Å². The first-order chi connectivity index (χ1) is 9.45. The maximum atomic E-state index is 11.7. The van der Waals surface area contributed by atoms with Gasteiger partial charge in [-0.05, 0) is 19.9 Å². The number of hydrogen-bond donors (Lipinski definition) is 2. The fourth-order valence-corrected chi connectivity index (χ4v) is 2.36. The highest BCUT2D eigenvalue weighted by atomic mass is 32.1. The van der Waals surface area contributed by atoms with Gasteiger partial charge in [0.2, 0.25) is 5.91 Å². The number of carbonyl (C=O) groups excluding carboxylic acids is 1. The van der Waals surface area contributed by atoms with E-state index in [9.17, 15) is 9.59 Å². The molecule has 0 unspecified atom stereocenters. The summed E-state index contributed by atoms with van der Waals surface area (Å²) in [5.74, 6) is -0.470. The number of amides is 1. The Labute approximate surface area is 119 Å². The van der Waals surface area contributed by atoms with Crippen LogP contribution in [-0.2, 0) is 17.8 Å². The molecule has 0 bridgehead atoms. The number of carboxylic acid groups (broad SMARTS) is 1. The van der Waals surface area contributed by atoms with E-state index in [1.165, 1.54) is 17.4 Å². The van der Waals surface area contributed by atoms with Crippen molar-refractivity contribution in [2.24, 2.45) is 0 Å². The number of thiazole rings is 1. The van der Waals surface area contributed by atoms with Crippen molar-refractivity contribution in [3.05, 3.63) is 39.2 Å². The van der Waals surface area contributed by atoms with E-state index >= 15 is 0 Å². The lowest BCUT2D eigenvalue weighted by Crippen LogP contribution is -2.24. The summed E-state index contributed by atoms with van der Waals surface area (Å²) < 4.78 is 5.27. The lowest BCUT2D eigenvalue weighted by atomic mass is 10.2. The van der Waals surface area contributed by atoms with E-state index in [1.54, 1.807) is 6.92 Å². The zero-order chi connectivity index (χ0) is 14.7. The number of hydrogen-bond acceptors (Lipinski definition) is 5. The van der Waals surface area contributed by atoms with Crippen molar-refractivity contribution >= 4 is 23.2 Å². The second-order valence-electron chi connectivity index (χ2n) is 4.30. The van der Waals surface area contributed by atoms with Gasteiger partial charge in [0.05, 0.1) is 23.7 Å². The third-order valence-electron chi connectivity index (χ3n) is 2.67. The van der Waals surface area contributed by atoms with Crippen molar-refractivity contribution < 1.29 is 19.1 Å². The third kappa shape index (κ3) is 3.45. The summed E-state index contributed by atoms with van der Waals surface area (Å²) in [4.78, 5) is 26.8. The predicted octanol–water partition coefficient (Wildman–Crippen LogP) is 1.91. The van der Waals surface area contributed by atoms with Gasteiger partial charge in [0, 0.05) is 5.38 Å². The van der Waals surface area contributed by atoms with Gasteiger partial charge >= 0.3 is 5.97 Å². The van der Waals surface area contributed by atoms with E-state index in [0.717, 1.165) is 10.7 Å². The van der Waals surface area contributed by atoms with Crippen LogP contribution in [0.1, 0.15) is 32.6 Å². The minimum atomic E-state index is -1.04. The Morgan fingerprint density at radius 1 is 1.45 bits per heavy atom. The monoisotopic (exact) mass is 294 g/mol. The molecule has 7 heteroatoms. The van der Waals surface area contributed by atoms with Crippen molar-refractivity contribution in [2.75, 3.05) is 0 Å². The van der Waals surface area contributed by atoms with Crippen molar-refractivity contribution in [1.29, 1.82) is 0 Å². The molecule has 2 N–H and O–H groups in total. The quantitative estimate of drug-likeness (QED) is 0.878. The zero-order valence-corrected chi connectivity index (χ0v) is 11.9. The first-order valence-electron chi connectivity index (χ1n) is 5.96. The smallest absolute Gasteiger partial charge is 0.339 e. The van der Waals surface area contributed by atoms with Crippen LogP contribution in [0.2, 0.25) is 0 Å². The molecule has 0 aliphatic carbocycles. The van der Waals surface area contributed by atoms with Gasteiger partial charge in [0.25, 0.3) is 0 Å². The summed E-state index contributed by atoms with van der Waals surface area (Å²) in [5.41, 5.74) is 0.844. The van der Waals surface area contributed by atoms with E-state index in [0.29, 0.717) is 11.5 Å². The second kappa shape index (κ2) is 5.87. The van der Waals surface area contributed by atoms with Gasteiger partial charge in [-0.3, -0.25) is 4.79 Å². The van der Waals surface area contributed by atoms with Crippen LogP contribution >= 0.6 is 11.3 Å². The number of aromatic nitrogens is 1. The van der Waals surface area contributed by atoms with Crippen LogP contribution in [0.3, 0.4) is 0 Å². The second-order valence-corrected chi connectivity index (χ2v) is 5.36. The highest BCUT2D eigenvalue weighted by Gasteiger charge is 2.14. The Balaban J connectivity index is 1.90. The van der Waals surface area contributed by atoms with Crippen LogP contribution in [0.5, 0.6) is 0 Å². The minimum Gasteiger partial charge on any atom is -0.478 e. The number of carbonyl (C=O) groups is 2. The van der Waals surface area contributed by atoms with Crippen LogP contribution in [0.25, 0.3) is 0 Å². The molecule has 0 aliphatic rings. The normalized spacial score (nSPS) is 10.5. The molecule has 2 aromatic rings.